The van der Waals surface area contributed by atoms with E-state index in [1.807, 2.05) is 53.7 Å². The Hall–Kier alpha value is -1.90. The molecule has 0 aliphatic carbocycles. The number of benzene rings is 1. The molecule has 8 heteroatoms. The summed E-state index contributed by atoms with van der Waals surface area (Å²) in [6.07, 6.45) is -0.831. The van der Waals surface area contributed by atoms with E-state index < -0.39 is 42.3 Å². The highest BCUT2D eigenvalue weighted by molar-refractivity contribution is 6.62. The van der Waals surface area contributed by atoms with E-state index in [4.69, 9.17) is 9.31 Å². The van der Waals surface area contributed by atoms with Crippen LogP contribution >= 0.6 is 0 Å². The summed E-state index contributed by atoms with van der Waals surface area (Å²) >= 11 is 0. The van der Waals surface area contributed by atoms with Crippen molar-refractivity contribution in [1.82, 2.24) is 5.32 Å². The van der Waals surface area contributed by atoms with E-state index in [9.17, 15) is 19.8 Å². The summed E-state index contributed by atoms with van der Waals surface area (Å²) < 4.78 is 12.0. The second kappa shape index (κ2) is 8.85. The first-order chi connectivity index (χ1) is 13.3. The van der Waals surface area contributed by atoms with Gasteiger partial charge in [-0.25, -0.2) is 4.79 Å². The number of nitrogens with one attached hydrogen (secondary N) is 1. The first-order valence-electron chi connectivity index (χ1n) is 9.98. The lowest BCUT2D eigenvalue weighted by Gasteiger charge is -2.32. The van der Waals surface area contributed by atoms with Crippen LogP contribution < -0.4 is 10.8 Å². The molecule has 0 radical (unpaired) electrons. The fraction of sp³-hybridized carbons (Fsp3) is 0.619. The molecule has 0 saturated carbocycles. The number of rotatable bonds is 8. The molecule has 2 rings (SSSR count). The van der Waals surface area contributed by atoms with E-state index in [0.29, 0.717) is 0 Å². The molecule has 3 N–H and O–H groups in total. The van der Waals surface area contributed by atoms with E-state index in [0.717, 1.165) is 11.0 Å². The zero-order chi connectivity index (χ0) is 22.0. The lowest BCUT2D eigenvalue weighted by atomic mass is 9.78. The lowest BCUT2D eigenvalue weighted by molar-refractivity contribution is -0.143. The van der Waals surface area contributed by atoms with Crippen LogP contribution in [0.2, 0.25) is 0 Å². The van der Waals surface area contributed by atoms with Gasteiger partial charge in [-0.2, -0.15) is 0 Å². The maximum absolute atomic E-state index is 12.1. The van der Waals surface area contributed by atoms with Gasteiger partial charge in [0.05, 0.1) is 11.2 Å². The molecule has 2 atom stereocenters. The molecule has 1 aliphatic rings. The average Bonchev–Trinajstić information content (AvgIpc) is 2.81. The van der Waals surface area contributed by atoms with Crippen LogP contribution in [0.3, 0.4) is 0 Å². The smallest absolute Gasteiger partial charge is 0.480 e. The number of carboxylic acids is 1. The van der Waals surface area contributed by atoms with Crippen molar-refractivity contribution in [2.45, 2.75) is 77.7 Å². The molecule has 1 aromatic carbocycles. The fourth-order valence-electron chi connectivity index (χ4n) is 3.05. The molecule has 1 amide bonds. The third kappa shape index (κ3) is 5.81. The van der Waals surface area contributed by atoms with Gasteiger partial charge in [-0.3, -0.25) is 4.79 Å². The Labute approximate surface area is 172 Å². The van der Waals surface area contributed by atoms with E-state index in [-0.39, 0.29) is 18.8 Å². The predicted octanol–water partition coefficient (Wildman–Crippen LogP) is 1.50. The molecular weight excluding hydrogens is 373 g/mol. The van der Waals surface area contributed by atoms with Gasteiger partial charge >= 0.3 is 13.1 Å². The van der Waals surface area contributed by atoms with Gasteiger partial charge in [-0.15, -0.1) is 0 Å². The highest BCUT2D eigenvalue weighted by atomic mass is 16.7. The van der Waals surface area contributed by atoms with E-state index in [2.05, 4.69) is 5.32 Å². The minimum Gasteiger partial charge on any atom is -0.480 e. The third-order valence-electron chi connectivity index (χ3n) is 5.56. The van der Waals surface area contributed by atoms with Gasteiger partial charge in [0.25, 0.3) is 0 Å². The average molecular weight is 405 g/mol. The van der Waals surface area contributed by atoms with E-state index >= 15 is 0 Å². The first kappa shape index (κ1) is 23.4. The van der Waals surface area contributed by atoms with E-state index in [1.54, 1.807) is 12.1 Å². The van der Waals surface area contributed by atoms with Gasteiger partial charge in [-0.05, 0) is 51.1 Å². The zero-order valence-corrected chi connectivity index (χ0v) is 18.1. The summed E-state index contributed by atoms with van der Waals surface area (Å²) in [7, 11) is -0.491. The highest BCUT2D eigenvalue weighted by Crippen LogP contribution is 2.36. The number of aliphatic carboxylic acids is 1. The second-order valence-corrected chi connectivity index (χ2v) is 9.08. The molecule has 0 spiro atoms. The number of carbonyl (C=O) groups excluding carboxylic acids is 1. The van der Waals surface area contributed by atoms with Gasteiger partial charge in [0.2, 0.25) is 5.91 Å². The van der Waals surface area contributed by atoms with Crippen LogP contribution in [-0.4, -0.2) is 52.6 Å². The largest absolute Gasteiger partial charge is 0.494 e. The van der Waals surface area contributed by atoms with Gasteiger partial charge in [0.1, 0.15) is 12.1 Å². The molecule has 0 unspecified atom stereocenters. The van der Waals surface area contributed by atoms with Crippen LogP contribution in [0.15, 0.2) is 24.3 Å². The van der Waals surface area contributed by atoms with E-state index in [1.165, 1.54) is 0 Å². The molecule has 160 valence electrons. The molecule has 1 aromatic rings. The Morgan fingerprint density at radius 3 is 2.03 bits per heavy atom. The SMILES string of the molecule is CC(C)C[C@H](O)C(=O)N[C@@H](Cc1ccc(B2OC(C)(C)C(C)(C)O2)cc1)C(=O)O. The first-order valence-corrected chi connectivity index (χ1v) is 9.98. The summed E-state index contributed by atoms with van der Waals surface area (Å²) in [4.78, 5) is 23.6. The Balaban J connectivity index is 2.03. The van der Waals surface area contributed by atoms with Crippen molar-refractivity contribution in [2.75, 3.05) is 0 Å². The number of carboxylic acid groups (broad SMARTS) is 1. The summed E-state index contributed by atoms with van der Waals surface area (Å²) in [6, 6.07) is 6.16. The quantitative estimate of drug-likeness (QED) is 0.567. The Morgan fingerprint density at radius 1 is 1.07 bits per heavy atom. The molecule has 1 saturated heterocycles. The van der Waals surface area contributed by atoms with Gasteiger partial charge < -0.3 is 24.8 Å². The van der Waals surface area contributed by atoms with Crippen molar-refractivity contribution in [3.8, 4) is 0 Å². The Morgan fingerprint density at radius 2 is 1.59 bits per heavy atom. The van der Waals surface area contributed by atoms with Crippen LogP contribution in [0.25, 0.3) is 0 Å². The van der Waals surface area contributed by atoms with Crippen molar-refractivity contribution in [3.05, 3.63) is 29.8 Å². The number of hydrogen-bond acceptors (Lipinski definition) is 5. The normalized spacial score (nSPS) is 19.8. The van der Waals surface area contributed by atoms with Crippen molar-refractivity contribution < 1.29 is 29.1 Å². The second-order valence-electron chi connectivity index (χ2n) is 9.08. The maximum Gasteiger partial charge on any atom is 0.494 e. The van der Waals surface area contributed by atoms with Crippen molar-refractivity contribution in [1.29, 1.82) is 0 Å². The molecule has 1 heterocycles. The lowest BCUT2D eigenvalue weighted by Crippen LogP contribution is -2.47. The molecule has 29 heavy (non-hydrogen) atoms. The topological polar surface area (TPSA) is 105 Å². The van der Waals surface area contributed by atoms with Crippen LogP contribution in [-0.2, 0) is 25.3 Å². The molecule has 1 fully saturated rings. The minimum absolute atomic E-state index is 0.110. The maximum atomic E-state index is 12.1. The Bertz CT molecular complexity index is 715. The number of carbonyl (C=O) groups is 2. The molecule has 0 aromatic heterocycles. The van der Waals surface area contributed by atoms with Crippen LogP contribution in [0, 0.1) is 5.92 Å². The molecule has 1 aliphatic heterocycles. The number of hydrogen-bond donors (Lipinski definition) is 3. The van der Waals surface area contributed by atoms with Crippen molar-refractivity contribution in [3.63, 3.8) is 0 Å². The van der Waals surface area contributed by atoms with Gasteiger partial charge in [-0.1, -0.05) is 38.1 Å². The molecular formula is C21H32BNO6. The molecule has 7 nitrogen and oxygen atoms in total. The third-order valence-corrected chi connectivity index (χ3v) is 5.56. The number of aliphatic hydroxyl groups is 1. The minimum atomic E-state index is -1.22. The number of amides is 1. The summed E-state index contributed by atoms with van der Waals surface area (Å²) in [5, 5.41) is 21.8. The zero-order valence-electron chi connectivity index (χ0n) is 18.1. The van der Waals surface area contributed by atoms with Crippen LogP contribution in [0.4, 0.5) is 0 Å². The summed E-state index contributed by atoms with van der Waals surface area (Å²) in [5.74, 6) is -1.69. The predicted molar refractivity (Wildman–Crippen MR) is 111 cm³/mol. The van der Waals surface area contributed by atoms with Crippen molar-refractivity contribution in [2.24, 2.45) is 5.92 Å². The monoisotopic (exact) mass is 405 g/mol. The van der Waals surface area contributed by atoms with Crippen LogP contribution in [0.5, 0.6) is 0 Å². The summed E-state index contributed by atoms with van der Waals surface area (Å²) in [5.41, 5.74) is 0.713. The Kier molecular flexibility index (Phi) is 7.14. The number of aliphatic hydroxyl groups excluding tert-OH is 1. The van der Waals surface area contributed by atoms with Gasteiger partial charge in [0.15, 0.2) is 0 Å². The fourth-order valence-corrected chi connectivity index (χ4v) is 3.05. The van der Waals surface area contributed by atoms with Crippen LogP contribution in [0.1, 0.15) is 53.5 Å². The van der Waals surface area contributed by atoms with Crippen molar-refractivity contribution >= 4 is 24.5 Å². The van der Waals surface area contributed by atoms with Gasteiger partial charge in [0, 0.05) is 6.42 Å². The highest BCUT2D eigenvalue weighted by Gasteiger charge is 2.51. The standard InChI is InChI=1S/C21H32BNO6/c1-13(2)11-17(24)18(25)23-16(19(26)27)12-14-7-9-15(10-8-14)22-28-20(3,4)21(5,6)29-22/h7-10,13,16-17,24H,11-12H2,1-6H3,(H,23,25)(H,26,27)/t16-,17-/m0/s1. The summed E-state index contributed by atoms with van der Waals surface area (Å²) in [6.45, 7) is 11.7. The molecule has 0 bridgehead atoms.